The van der Waals surface area contributed by atoms with E-state index in [-0.39, 0.29) is 23.9 Å². The van der Waals surface area contributed by atoms with E-state index in [0.717, 1.165) is 47.7 Å². The molecule has 1 saturated carbocycles. The normalized spacial score (nSPS) is 21.9. The van der Waals surface area contributed by atoms with Gasteiger partial charge in [0.05, 0.1) is 12.0 Å². The van der Waals surface area contributed by atoms with Gasteiger partial charge in [-0.15, -0.1) is 0 Å². The van der Waals surface area contributed by atoms with E-state index in [9.17, 15) is 9.59 Å². The molecule has 2 aliphatic rings. The predicted octanol–water partition coefficient (Wildman–Crippen LogP) is 4.54. The number of hydrogen-bond donors (Lipinski definition) is 1. The largest absolute Gasteiger partial charge is 0.353 e. The van der Waals surface area contributed by atoms with Crippen LogP contribution < -0.4 is 5.32 Å². The van der Waals surface area contributed by atoms with Crippen LogP contribution in [0.3, 0.4) is 0 Å². The molecule has 2 atom stereocenters. The Labute approximate surface area is 183 Å². The minimum Gasteiger partial charge on any atom is -0.353 e. The average molecular weight is 416 g/mol. The summed E-state index contributed by atoms with van der Waals surface area (Å²) in [5, 5.41) is 4.42. The number of nitrogens with zero attached hydrogens (tertiary/aromatic N) is 2. The lowest BCUT2D eigenvalue weighted by Gasteiger charge is -2.40. The second kappa shape index (κ2) is 7.88. The highest BCUT2D eigenvalue weighted by molar-refractivity contribution is 6.02. The highest BCUT2D eigenvalue weighted by Gasteiger charge is 2.44. The molecule has 1 aliphatic heterocycles. The Morgan fingerprint density at radius 2 is 1.65 bits per heavy atom. The smallest absolute Gasteiger partial charge is 0.254 e. The molecular formula is C26H29N3O2. The number of hydrogen-bond acceptors (Lipinski definition) is 2. The number of rotatable bonds is 3. The van der Waals surface area contributed by atoms with Crippen LogP contribution >= 0.6 is 0 Å². The molecule has 2 amide bonds. The van der Waals surface area contributed by atoms with Crippen LogP contribution in [0, 0.1) is 0 Å². The summed E-state index contributed by atoms with van der Waals surface area (Å²) in [4.78, 5) is 28.8. The quantitative estimate of drug-likeness (QED) is 0.683. The molecule has 5 nitrogen and oxygen atoms in total. The molecule has 31 heavy (non-hydrogen) atoms. The maximum atomic E-state index is 13.8. The SMILES string of the molecule is CN1C(=O)c2ccccc2C(C(=O)NC2CCCCC2)C1c1cn(C)c2ccccc12. The molecule has 0 saturated heterocycles. The lowest BCUT2D eigenvalue weighted by Crippen LogP contribution is -2.48. The highest BCUT2D eigenvalue weighted by Crippen LogP contribution is 2.44. The minimum absolute atomic E-state index is 0.0247. The van der Waals surface area contributed by atoms with E-state index in [0.29, 0.717) is 5.56 Å². The van der Waals surface area contributed by atoms with Crippen LogP contribution in [-0.4, -0.2) is 34.4 Å². The van der Waals surface area contributed by atoms with Crippen molar-refractivity contribution in [3.8, 4) is 0 Å². The number of likely N-dealkylation sites (N-methyl/N-ethyl adjacent to an activating group) is 1. The van der Waals surface area contributed by atoms with E-state index < -0.39 is 5.92 Å². The summed E-state index contributed by atoms with van der Waals surface area (Å²) in [6.07, 6.45) is 7.72. The van der Waals surface area contributed by atoms with Gasteiger partial charge in [-0.25, -0.2) is 0 Å². The number of carbonyl (C=O) groups is 2. The molecule has 2 unspecified atom stereocenters. The van der Waals surface area contributed by atoms with Crippen molar-refractivity contribution in [2.24, 2.45) is 7.05 Å². The van der Waals surface area contributed by atoms with Gasteiger partial charge >= 0.3 is 0 Å². The van der Waals surface area contributed by atoms with Crippen molar-refractivity contribution in [2.75, 3.05) is 7.05 Å². The van der Waals surface area contributed by atoms with Crippen molar-refractivity contribution in [3.63, 3.8) is 0 Å². The van der Waals surface area contributed by atoms with Gasteiger partial charge in [-0.2, -0.15) is 0 Å². The average Bonchev–Trinajstić information content (AvgIpc) is 3.13. The molecule has 1 N–H and O–H groups in total. The van der Waals surface area contributed by atoms with Gasteiger partial charge in [-0.3, -0.25) is 9.59 Å². The Bertz CT molecular complexity index is 1140. The second-order valence-electron chi connectivity index (χ2n) is 8.98. The third-order valence-electron chi connectivity index (χ3n) is 7.06. The summed E-state index contributed by atoms with van der Waals surface area (Å²) in [5.74, 6) is -0.446. The van der Waals surface area contributed by atoms with Crippen LogP contribution in [0.1, 0.15) is 65.5 Å². The third kappa shape index (κ3) is 3.32. The lowest BCUT2D eigenvalue weighted by atomic mass is 9.79. The number of aryl methyl sites for hydroxylation is 1. The van der Waals surface area contributed by atoms with Gasteiger partial charge in [0.1, 0.15) is 0 Å². The second-order valence-corrected chi connectivity index (χ2v) is 8.98. The van der Waals surface area contributed by atoms with Gasteiger partial charge in [0, 0.05) is 48.4 Å². The molecule has 0 spiro atoms. The van der Waals surface area contributed by atoms with Crippen LogP contribution in [0.15, 0.2) is 54.7 Å². The Morgan fingerprint density at radius 3 is 2.45 bits per heavy atom. The summed E-state index contributed by atoms with van der Waals surface area (Å²) in [5.41, 5.74) is 3.58. The number of amides is 2. The van der Waals surface area contributed by atoms with Gasteiger partial charge in [-0.1, -0.05) is 55.7 Å². The molecule has 5 rings (SSSR count). The number of fused-ring (bicyclic) bond motifs is 2. The van der Waals surface area contributed by atoms with Crippen LogP contribution in [0.4, 0.5) is 0 Å². The number of carbonyl (C=O) groups excluding carboxylic acids is 2. The van der Waals surface area contributed by atoms with Crippen molar-refractivity contribution in [2.45, 2.75) is 50.1 Å². The fraction of sp³-hybridized carbons (Fsp3) is 0.385. The maximum Gasteiger partial charge on any atom is 0.254 e. The molecule has 3 aromatic rings. The van der Waals surface area contributed by atoms with Crippen LogP contribution in [0.5, 0.6) is 0 Å². The zero-order valence-electron chi connectivity index (χ0n) is 18.2. The van der Waals surface area contributed by atoms with E-state index in [1.165, 1.54) is 6.42 Å². The first-order chi connectivity index (χ1) is 15.1. The van der Waals surface area contributed by atoms with Crippen LogP contribution in [0.2, 0.25) is 0 Å². The summed E-state index contributed by atoms with van der Waals surface area (Å²) >= 11 is 0. The van der Waals surface area contributed by atoms with E-state index in [1.54, 1.807) is 4.90 Å². The van der Waals surface area contributed by atoms with Crippen molar-refractivity contribution in [3.05, 3.63) is 71.4 Å². The standard InChI is InChI=1S/C26H29N3O2/c1-28-16-21(18-12-8-9-15-22(18)28)24-23(25(30)27-17-10-4-3-5-11-17)19-13-6-7-14-20(19)26(31)29(24)2/h6-9,12-17,23-24H,3-5,10-11H2,1-2H3,(H,27,30). The van der Waals surface area contributed by atoms with E-state index in [1.807, 2.05) is 50.5 Å². The van der Waals surface area contributed by atoms with Crippen molar-refractivity contribution in [1.82, 2.24) is 14.8 Å². The third-order valence-corrected chi connectivity index (χ3v) is 7.06. The zero-order chi connectivity index (χ0) is 21.5. The van der Waals surface area contributed by atoms with Gasteiger partial charge in [-0.05, 0) is 30.5 Å². The van der Waals surface area contributed by atoms with Crippen LogP contribution in [0.25, 0.3) is 10.9 Å². The maximum absolute atomic E-state index is 13.8. The molecule has 5 heteroatoms. The summed E-state index contributed by atoms with van der Waals surface area (Å²) in [7, 11) is 3.84. The molecule has 160 valence electrons. The van der Waals surface area contributed by atoms with Crippen molar-refractivity contribution < 1.29 is 9.59 Å². The van der Waals surface area contributed by atoms with E-state index in [4.69, 9.17) is 0 Å². The molecule has 2 heterocycles. The lowest BCUT2D eigenvalue weighted by molar-refractivity contribution is -0.125. The highest BCUT2D eigenvalue weighted by atomic mass is 16.2. The summed E-state index contributed by atoms with van der Waals surface area (Å²) < 4.78 is 2.08. The van der Waals surface area contributed by atoms with Gasteiger partial charge in [0.2, 0.25) is 5.91 Å². The van der Waals surface area contributed by atoms with E-state index in [2.05, 4.69) is 28.2 Å². The Balaban J connectivity index is 1.63. The molecule has 1 aliphatic carbocycles. The molecular weight excluding hydrogens is 386 g/mol. The Hall–Kier alpha value is -3.08. The van der Waals surface area contributed by atoms with E-state index >= 15 is 0 Å². The van der Waals surface area contributed by atoms with Crippen molar-refractivity contribution in [1.29, 1.82) is 0 Å². The first-order valence-corrected chi connectivity index (χ1v) is 11.3. The first kappa shape index (κ1) is 19.9. The van der Waals surface area contributed by atoms with Gasteiger partial charge in [0.25, 0.3) is 5.91 Å². The predicted molar refractivity (Wildman–Crippen MR) is 122 cm³/mol. The molecule has 1 fully saturated rings. The molecule has 2 aromatic carbocycles. The number of aromatic nitrogens is 1. The van der Waals surface area contributed by atoms with Crippen LogP contribution in [-0.2, 0) is 11.8 Å². The molecule has 1 aromatic heterocycles. The first-order valence-electron chi connectivity index (χ1n) is 11.3. The monoisotopic (exact) mass is 415 g/mol. The van der Waals surface area contributed by atoms with Gasteiger partial charge < -0.3 is 14.8 Å². The zero-order valence-corrected chi connectivity index (χ0v) is 18.2. The Morgan fingerprint density at radius 1 is 0.935 bits per heavy atom. The van der Waals surface area contributed by atoms with Gasteiger partial charge in [0.15, 0.2) is 0 Å². The Kier molecular flexibility index (Phi) is 5.05. The fourth-order valence-electron chi connectivity index (χ4n) is 5.49. The summed E-state index contributed by atoms with van der Waals surface area (Å²) in [6.45, 7) is 0. The fourth-order valence-corrected chi connectivity index (χ4v) is 5.49. The number of benzene rings is 2. The number of nitrogens with one attached hydrogen (secondary N) is 1. The molecule has 0 radical (unpaired) electrons. The molecule has 0 bridgehead atoms. The van der Waals surface area contributed by atoms with Crippen molar-refractivity contribution >= 4 is 22.7 Å². The number of para-hydroxylation sites is 1. The minimum atomic E-state index is -0.438. The summed E-state index contributed by atoms with van der Waals surface area (Å²) in [6, 6.07) is 15.7. The topological polar surface area (TPSA) is 54.3 Å².